The first-order valence-corrected chi connectivity index (χ1v) is 7.92. The summed E-state index contributed by atoms with van der Waals surface area (Å²) in [5, 5.41) is 5.01. The Morgan fingerprint density at radius 2 is 1.74 bits per heavy atom. The summed E-state index contributed by atoms with van der Waals surface area (Å²) in [6.45, 7) is 4.74. The topological polar surface area (TPSA) is 54.9 Å². The predicted molar refractivity (Wildman–Crippen MR) is 92.4 cm³/mol. The Kier molecular flexibility index (Phi) is 6.18. The van der Waals surface area contributed by atoms with Gasteiger partial charge in [-0.15, -0.1) is 0 Å². The Labute approximate surface area is 137 Å². The first-order valence-electron chi connectivity index (χ1n) is 7.92. The Bertz CT molecular complexity index is 609. The summed E-state index contributed by atoms with van der Waals surface area (Å²) in [6.07, 6.45) is 0. The van der Waals surface area contributed by atoms with E-state index in [-0.39, 0.29) is 11.9 Å². The number of amides is 1. The van der Waals surface area contributed by atoms with Crippen LogP contribution in [0.3, 0.4) is 0 Å². The van der Waals surface area contributed by atoms with Crippen LogP contribution in [0.15, 0.2) is 54.6 Å². The second kappa shape index (κ2) is 8.34. The van der Waals surface area contributed by atoms with Crippen molar-refractivity contribution in [2.75, 3.05) is 19.0 Å². The van der Waals surface area contributed by atoms with E-state index in [0.717, 1.165) is 11.4 Å². The maximum absolute atomic E-state index is 12.2. The zero-order chi connectivity index (χ0) is 16.7. The molecule has 1 amide bonds. The Hall–Kier alpha value is -2.33. The second-order valence-corrected chi connectivity index (χ2v) is 5.90. The lowest BCUT2D eigenvalue weighted by atomic mass is 9.96. The van der Waals surface area contributed by atoms with Crippen LogP contribution in [-0.2, 0) is 4.79 Å². The molecule has 0 aromatic heterocycles. The van der Waals surface area contributed by atoms with Gasteiger partial charge in [0.1, 0.15) is 11.8 Å². The molecule has 23 heavy (non-hydrogen) atoms. The third-order valence-corrected chi connectivity index (χ3v) is 3.83. The molecular weight excluding hydrogens is 288 g/mol. The van der Waals surface area contributed by atoms with Crippen molar-refractivity contribution in [3.05, 3.63) is 60.2 Å². The van der Waals surface area contributed by atoms with E-state index in [1.165, 1.54) is 5.56 Å². The number of methoxy groups -OCH3 is 1. The minimum absolute atomic E-state index is 0.00301. The minimum atomic E-state index is -0.00301. The van der Waals surface area contributed by atoms with E-state index in [1.807, 2.05) is 42.5 Å². The molecule has 2 rings (SSSR count). The van der Waals surface area contributed by atoms with Crippen LogP contribution in [0.4, 0.5) is 5.69 Å². The van der Waals surface area contributed by atoms with Gasteiger partial charge in [-0.25, -0.2) is 0 Å². The van der Waals surface area contributed by atoms with Crippen molar-refractivity contribution in [2.45, 2.75) is 19.9 Å². The first kappa shape index (κ1) is 17.0. The van der Waals surface area contributed by atoms with E-state index >= 15 is 0 Å². The summed E-state index contributed by atoms with van der Waals surface area (Å²) in [7, 11) is 1.62. The third-order valence-electron chi connectivity index (χ3n) is 3.83. The molecule has 2 aromatic rings. The number of benzene rings is 2. The van der Waals surface area contributed by atoms with Crippen LogP contribution >= 0.6 is 0 Å². The SMILES string of the molecule is COc1ccc(NC(=O)C[NH2+][C@H](c2ccccc2)C(C)C)cc1. The fraction of sp³-hybridized carbons (Fsp3) is 0.316. The van der Waals surface area contributed by atoms with Gasteiger partial charge in [-0.1, -0.05) is 44.2 Å². The van der Waals surface area contributed by atoms with Gasteiger partial charge in [0.2, 0.25) is 0 Å². The number of nitrogens with two attached hydrogens (primary N) is 1. The molecule has 0 aliphatic heterocycles. The lowest BCUT2D eigenvalue weighted by Gasteiger charge is -2.19. The molecule has 0 radical (unpaired) electrons. The van der Waals surface area contributed by atoms with Crippen molar-refractivity contribution in [3.8, 4) is 5.75 Å². The number of carbonyl (C=O) groups excluding carboxylic acids is 1. The van der Waals surface area contributed by atoms with Gasteiger partial charge in [0.25, 0.3) is 5.91 Å². The fourth-order valence-corrected chi connectivity index (χ4v) is 2.59. The largest absolute Gasteiger partial charge is 0.497 e. The van der Waals surface area contributed by atoms with Crippen LogP contribution in [0.5, 0.6) is 5.75 Å². The lowest BCUT2D eigenvalue weighted by molar-refractivity contribution is -0.692. The van der Waals surface area contributed by atoms with E-state index in [9.17, 15) is 4.79 Å². The van der Waals surface area contributed by atoms with E-state index < -0.39 is 0 Å². The molecule has 0 saturated carbocycles. The van der Waals surface area contributed by atoms with Gasteiger partial charge in [0.15, 0.2) is 6.54 Å². The molecule has 0 bridgehead atoms. The van der Waals surface area contributed by atoms with Crippen molar-refractivity contribution in [3.63, 3.8) is 0 Å². The maximum Gasteiger partial charge on any atom is 0.279 e. The van der Waals surface area contributed by atoms with Crippen molar-refractivity contribution >= 4 is 11.6 Å². The summed E-state index contributed by atoms with van der Waals surface area (Å²) in [5.74, 6) is 1.22. The standard InChI is InChI=1S/C19H24N2O2/c1-14(2)19(15-7-5-4-6-8-15)20-13-18(22)21-16-9-11-17(23-3)12-10-16/h4-12,14,19-20H,13H2,1-3H3,(H,21,22)/p+1/t19-/m0/s1. The molecule has 0 spiro atoms. The van der Waals surface area contributed by atoms with Crippen LogP contribution in [-0.4, -0.2) is 19.6 Å². The van der Waals surface area contributed by atoms with Gasteiger partial charge in [-0.2, -0.15) is 0 Å². The Morgan fingerprint density at radius 3 is 2.30 bits per heavy atom. The van der Waals surface area contributed by atoms with Gasteiger partial charge < -0.3 is 15.4 Å². The highest BCUT2D eigenvalue weighted by molar-refractivity contribution is 5.91. The quantitative estimate of drug-likeness (QED) is 0.825. The number of nitrogens with one attached hydrogen (secondary N) is 1. The molecule has 0 saturated heterocycles. The molecular formula is C19H25N2O2+. The summed E-state index contributed by atoms with van der Waals surface area (Å²) in [6, 6.07) is 17.9. The normalized spacial score (nSPS) is 12.0. The molecule has 1 atom stereocenters. The predicted octanol–water partition coefficient (Wildman–Crippen LogP) is 2.59. The van der Waals surface area contributed by atoms with Crippen LogP contribution in [0.1, 0.15) is 25.5 Å². The Balaban J connectivity index is 1.91. The maximum atomic E-state index is 12.2. The van der Waals surface area contributed by atoms with Gasteiger partial charge >= 0.3 is 0 Å². The number of quaternary nitrogens is 1. The lowest BCUT2D eigenvalue weighted by Crippen LogP contribution is -2.88. The highest BCUT2D eigenvalue weighted by atomic mass is 16.5. The van der Waals surface area contributed by atoms with Crippen LogP contribution < -0.4 is 15.4 Å². The minimum Gasteiger partial charge on any atom is -0.497 e. The summed E-state index contributed by atoms with van der Waals surface area (Å²) < 4.78 is 5.11. The fourth-order valence-electron chi connectivity index (χ4n) is 2.59. The summed E-state index contributed by atoms with van der Waals surface area (Å²) in [4.78, 5) is 12.2. The zero-order valence-corrected chi connectivity index (χ0v) is 14.0. The third kappa shape index (κ3) is 5.11. The molecule has 4 heteroatoms. The van der Waals surface area contributed by atoms with Crippen LogP contribution in [0.2, 0.25) is 0 Å². The van der Waals surface area contributed by atoms with Crippen molar-refractivity contribution in [2.24, 2.45) is 5.92 Å². The van der Waals surface area contributed by atoms with Gasteiger partial charge in [0, 0.05) is 17.2 Å². The first-order chi connectivity index (χ1) is 11.1. The molecule has 3 N–H and O–H groups in total. The number of hydrogen-bond acceptors (Lipinski definition) is 2. The zero-order valence-electron chi connectivity index (χ0n) is 14.0. The summed E-state index contributed by atoms with van der Waals surface area (Å²) >= 11 is 0. The van der Waals surface area contributed by atoms with Crippen molar-refractivity contribution in [1.82, 2.24) is 0 Å². The number of anilines is 1. The van der Waals surface area contributed by atoms with Gasteiger partial charge in [-0.3, -0.25) is 4.79 Å². The molecule has 0 heterocycles. The highest BCUT2D eigenvalue weighted by Crippen LogP contribution is 2.17. The average molecular weight is 313 g/mol. The second-order valence-electron chi connectivity index (χ2n) is 5.90. The molecule has 0 aliphatic rings. The Morgan fingerprint density at radius 1 is 1.09 bits per heavy atom. The van der Waals surface area contributed by atoms with E-state index in [0.29, 0.717) is 12.5 Å². The molecule has 2 aromatic carbocycles. The van der Waals surface area contributed by atoms with Crippen LogP contribution in [0.25, 0.3) is 0 Å². The highest BCUT2D eigenvalue weighted by Gasteiger charge is 2.20. The number of ether oxygens (including phenoxy) is 1. The number of carbonyl (C=O) groups is 1. The van der Waals surface area contributed by atoms with E-state index in [2.05, 4.69) is 36.6 Å². The molecule has 0 unspecified atom stereocenters. The van der Waals surface area contributed by atoms with E-state index in [1.54, 1.807) is 7.11 Å². The number of rotatable bonds is 7. The smallest absolute Gasteiger partial charge is 0.279 e. The van der Waals surface area contributed by atoms with Crippen LogP contribution in [0, 0.1) is 5.92 Å². The molecule has 0 aliphatic carbocycles. The van der Waals surface area contributed by atoms with Gasteiger partial charge in [-0.05, 0) is 24.3 Å². The van der Waals surface area contributed by atoms with E-state index in [4.69, 9.17) is 4.74 Å². The molecule has 4 nitrogen and oxygen atoms in total. The molecule has 0 fully saturated rings. The monoisotopic (exact) mass is 313 g/mol. The van der Waals surface area contributed by atoms with Crippen molar-refractivity contribution in [1.29, 1.82) is 0 Å². The summed E-state index contributed by atoms with van der Waals surface area (Å²) in [5.41, 5.74) is 2.03. The van der Waals surface area contributed by atoms with Crippen molar-refractivity contribution < 1.29 is 14.8 Å². The average Bonchev–Trinajstić information content (AvgIpc) is 2.56. The molecule has 122 valence electrons. The van der Waals surface area contributed by atoms with Gasteiger partial charge in [0.05, 0.1) is 7.11 Å². The number of hydrogen-bond donors (Lipinski definition) is 2.